The van der Waals surface area contributed by atoms with Gasteiger partial charge < -0.3 is 9.94 Å². The Hall–Kier alpha value is -1.84. The van der Waals surface area contributed by atoms with Crippen LogP contribution in [0.4, 0.5) is 0 Å². The van der Waals surface area contributed by atoms with Gasteiger partial charge in [-0.05, 0) is 23.5 Å². The zero-order valence-corrected chi connectivity index (χ0v) is 10.6. The molecule has 1 aromatic rings. The number of aliphatic carboxylic acids is 1. The molecule has 0 fully saturated rings. The standard InChI is InChI=1S/C14H17NO3/c1-9(2)7-10-3-5-11(6-4-10)12-8-13(14(16)17)18-15-12/h3-6,9,13H,7-8H2,1-2H3,(H,16,17)/t13-/m1/s1. The summed E-state index contributed by atoms with van der Waals surface area (Å²) in [5, 5.41) is 12.7. The molecule has 0 unspecified atom stereocenters. The maximum atomic E-state index is 10.8. The molecule has 1 aliphatic rings. The van der Waals surface area contributed by atoms with Crippen LogP contribution in [0.25, 0.3) is 0 Å². The van der Waals surface area contributed by atoms with Crippen molar-refractivity contribution in [3.63, 3.8) is 0 Å². The number of carbonyl (C=O) groups is 1. The van der Waals surface area contributed by atoms with Crippen molar-refractivity contribution in [3.8, 4) is 0 Å². The highest BCUT2D eigenvalue weighted by molar-refractivity contribution is 6.03. The van der Waals surface area contributed by atoms with Gasteiger partial charge in [-0.3, -0.25) is 0 Å². The van der Waals surface area contributed by atoms with Gasteiger partial charge in [0, 0.05) is 6.42 Å². The number of oxime groups is 1. The van der Waals surface area contributed by atoms with E-state index in [0.717, 1.165) is 12.0 Å². The molecule has 0 aliphatic carbocycles. The zero-order chi connectivity index (χ0) is 13.1. The second kappa shape index (κ2) is 5.21. The highest BCUT2D eigenvalue weighted by Gasteiger charge is 2.28. The molecular formula is C14H17NO3. The summed E-state index contributed by atoms with van der Waals surface area (Å²) in [7, 11) is 0. The maximum absolute atomic E-state index is 10.8. The van der Waals surface area contributed by atoms with Gasteiger partial charge in [-0.25, -0.2) is 4.79 Å². The lowest BCUT2D eigenvalue weighted by molar-refractivity contribution is -0.148. The van der Waals surface area contributed by atoms with Gasteiger partial charge in [0.2, 0.25) is 6.10 Å². The van der Waals surface area contributed by atoms with Crippen LogP contribution in [0.15, 0.2) is 29.4 Å². The first-order valence-electron chi connectivity index (χ1n) is 6.11. The number of benzene rings is 1. The SMILES string of the molecule is CC(C)Cc1ccc(C2=NO[C@@H](C(=O)O)C2)cc1. The van der Waals surface area contributed by atoms with Crippen LogP contribution < -0.4 is 0 Å². The van der Waals surface area contributed by atoms with Gasteiger partial charge in [0.25, 0.3) is 0 Å². The first-order chi connectivity index (χ1) is 8.56. The summed E-state index contributed by atoms with van der Waals surface area (Å²) in [5.41, 5.74) is 2.92. The molecule has 1 aromatic carbocycles. The van der Waals surface area contributed by atoms with E-state index in [2.05, 4.69) is 31.1 Å². The van der Waals surface area contributed by atoms with Crippen molar-refractivity contribution in [1.82, 2.24) is 0 Å². The highest BCUT2D eigenvalue weighted by Crippen LogP contribution is 2.18. The fraction of sp³-hybridized carbons (Fsp3) is 0.429. The van der Waals surface area contributed by atoms with E-state index < -0.39 is 12.1 Å². The molecule has 0 amide bonds. The van der Waals surface area contributed by atoms with Crippen LogP contribution in [0, 0.1) is 5.92 Å². The van der Waals surface area contributed by atoms with Gasteiger partial charge in [0.15, 0.2) is 0 Å². The molecule has 0 saturated heterocycles. The molecule has 0 aromatic heterocycles. The van der Waals surface area contributed by atoms with E-state index in [4.69, 9.17) is 9.94 Å². The fourth-order valence-corrected chi connectivity index (χ4v) is 1.98. The summed E-state index contributed by atoms with van der Waals surface area (Å²) in [6.45, 7) is 4.36. The summed E-state index contributed by atoms with van der Waals surface area (Å²) in [5.74, 6) is -0.343. The molecular weight excluding hydrogens is 230 g/mol. The Balaban J connectivity index is 2.05. The molecule has 2 rings (SSSR count). The second-order valence-corrected chi connectivity index (χ2v) is 4.97. The monoisotopic (exact) mass is 247 g/mol. The van der Waals surface area contributed by atoms with Gasteiger partial charge in [-0.1, -0.05) is 43.3 Å². The number of carboxylic acids is 1. The van der Waals surface area contributed by atoms with Crippen LogP contribution in [0.1, 0.15) is 31.4 Å². The Labute approximate surface area is 106 Å². The van der Waals surface area contributed by atoms with Crippen LogP contribution in [0.2, 0.25) is 0 Å². The quantitative estimate of drug-likeness (QED) is 0.889. The van der Waals surface area contributed by atoms with Gasteiger partial charge in [0.1, 0.15) is 0 Å². The van der Waals surface area contributed by atoms with E-state index in [-0.39, 0.29) is 0 Å². The van der Waals surface area contributed by atoms with Crippen molar-refractivity contribution in [2.45, 2.75) is 32.8 Å². The third kappa shape index (κ3) is 2.88. The first kappa shape index (κ1) is 12.6. The summed E-state index contributed by atoms with van der Waals surface area (Å²) in [6.07, 6.45) is 0.537. The Kier molecular flexibility index (Phi) is 3.65. The molecule has 1 aliphatic heterocycles. The third-order valence-corrected chi connectivity index (χ3v) is 2.88. The average Bonchev–Trinajstić information content (AvgIpc) is 2.78. The van der Waals surface area contributed by atoms with Crippen LogP contribution in [-0.2, 0) is 16.1 Å². The van der Waals surface area contributed by atoms with Crippen LogP contribution >= 0.6 is 0 Å². The minimum Gasteiger partial charge on any atom is -0.478 e. The topological polar surface area (TPSA) is 58.9 Å². The minimum absolute atomic E-state index is 0.332. The van der Waals surface area contributed by atoms with E-state index in [1.54, 1.807) is 0 Å². The Morgan fingerprint density at radius 2 is 2.11 bits per heavy atom. The molecule has 18 heavy (non-hydrogen) atoms. The van der Waals surface area contributed by atoms with Gasteiger partial charge in [-0.15, -0.1) is 0 Å². The molecule has 0 bridgehead atoms. The van der Waals surface area contributed by atoms with Crippen molar-refractivity contribution in [1.29, 1.82) is 0 Å². The smallest absolute Gasteiger partial charge is 0.348 e. The Morgan fingerprint density at radius 3 is 2.61 bits per heavy atom. The third-order valence-electron chi connectivity index (χ3n) is 2.88. The van der Waals surface area contributed by atoms with Gasteiger partial charge in [-0.2, -0.15) is 0 Å². The van der Waals surface area contributed by atoms with E-state index in [1.807, 2.05) is 12.1 Å². The highest BCUT2D eigenvalue weighted by atomic mass is 16.7. The van der Waals surface area contributed by atoms with E-state index in [0.29, 0.717) is 18.1 Å². The van der Waals surface area contributed by atoms with Crippen molar-refractivity contribution in [2.24, 2.45) is 11.1 Å². The molecule has 1 N–H and O–H groups in total. The molecule has 0 radical (unpaired) electrons. The number of rotatable bonds is 4. The van der Waals surface area contributed by atoms with Gasteiger partial charge >= 0.3 is 5.97 Å². The zero-order valence-electron chi connectivity index (χ0n) is 10.6. The summed E-state index contributed by atoms with van der Waals surface area (Å²) >= 11 is 0. The number of hydrogen-bond donors (Lipinski definition) is 1. The minimum atomic E-state index is -0.967. The predicted molar refractivity (Wildman–Crippen MR) is 68.6 cm³/mol. The summed E-state index contributed by atoms with van der Waals surface area (Å²) in [4.78, 5) is 15.6. The fourth-order valence-electron chi connectivity index (χ4n) is 1.98. The van der Waals surface area contributed by atoms with Crippen molar-refractivity contribution >= 4 is 11.7 Å². The van der Waals surface area contributed by atoms with Crippen LogP contribution in [0.5, 0.6) is 0 Å². The number of nitrogens with zero attached hydrogens (tertiary/aromatic N) is 1. The summed E-state index contributed by atoms with van der Waals surface area (Å²) in [6, 6.07) is 8.08. The molecule has 4 heteroatoms. The van der Waals surface area contributed by atoms with Crippen molar-refractivity contribution in [2.75, 3.05) is 0 Å². The molecule has 4 nitrogen and oxygen atoms in total. The van der Waals surface area contributed by atoms with E-state index in [9.17, 15) is 4.79 Å². The predicted octanol–water partition coefficient (Wildman–Crippen LogP) is 2.46. The molecule has 1 heterocycles. The molecule has 96 valence electrons. The summed E-state index contributed by atoms with van der Waals surface area (Å²) < 4.78 is 0. The van der Waals surface area contributed by atoms with E-state index >= 15 is 0 Å². The second-order valence-electron chi connectivity index (χ2n) is 4.97. The number of carboxylic acid groups (broad SMARTS) is 1. The first-order valence-corrected chi connectivity index (χ1v) is 6.11. The Morgan fingerprint density at radius 1 is 1.44 bits per heavy atom. The van der Waals surface area contributed by atoms with Gasteiger partial charge in [0.05, 0.1) is 5.71 Å². The molecule has 1 atom stereocenters. The van der Waals surface area contributed by atoms with E-state index in [1.165, 1.54) is 5.56 Å². The lowest BCUT2D eigenvalue weighted by Crippen LogP contribution is -2.19. The maximum Gasteiger partial charge on any atom is 0.348 e. The molecule has 0 spiro atoms. The lowest BCUT2D eigenvalue weighted by Gasteiger charge is -2.06. The van der Waals surface area contributed by atoms with Crippen molar-refractivity contribution < 1.29 is 14.7 Å². The largest absolute Gasteiger partial charge is 0.478 e. The van der Waals surface area contributed by atoms with Crippen LogP contribution in [0.3, 0.4) is 0 Å². The average molecular weight is 247 g/mol. The van der Waals surface area contributed by atoms with Crippen LogP contribution in [-0.4, -0.2) is 22.9 Å². The van der Waals surface area contributed by atoms with Crippen molar-refractivity contribution in [3.05, 3.63) is 35.4 Å². The number of hydrogen-bond acceptors (Lipinski definition) is 3. The Bertz CT molecular complexity index is 462. The molecule has 0 saturated carbocycles. The normalized spacial score (nSPS) is 18.6. The lowest BCUT2D eigenvalue weighted by atomic mass is 9.99.